The minimum Gasteiger partial charge on any atom is -0.477 e. The van der Waals surface area contributed by atoms with E-state index in [4.69, 9.17) is 16.3 Å². The number of hydrogen-bond acceptors (Lipinski definition) is 6. The van der Waals surface area contributed by atoms with Crippen LogP contribution in [0.15, 0.2) is 12.3 Å². The van der Waals surface area contributed by atoms with Gasteiger partial charge in [0.2, 0.25) is 5.88 Å². The van der Waals surface area contributed by atoms with Gasteiger partial charge < -0.3 is 14.9 Å². The second-order valence-electron chi connectivity index (χ2n) is 13.8. The summed E-state index contributed by atoms with van der Waals surface area (Å²) in [4.78, 5) is 16.1. The van der Waals surface area contributed by atoms with Crippen LogP contribution >= 0.6 is 11.6 Å². The molecule has 1 amide bonds. The van der Waals surface area contributed by atoms with E-state index in [0.29, 0.717) is 48.0 Å². The van der Waals surface area contributed by atoms with Gasteiger partial charge >= 0.3 is 0 Å². The number of aliphatic hydroxyl groups excluding tert-OH is 2. The van der Waals surface area contributed by atoms with Gasteiger partial charge in [0.15, 0.2) is 0 Å². The number of amides is 1. The molecule has 9 heteroatoms. The van der Waals surface area contributed by atoms with Crippen LogP contribution in [0.4, 0.5) is 0 Å². The van der Waals surface area contributed by atoms with Crippen LogP contribution in [0.1, 0.15) is 95.8 Å². The normalized spacial score (nSPS) is 41.4. The van der Waals surface area contributed by atoms with Gasteiger partial charge in [-0.15, -0.1) is 0 Å². The zero-order chi connectivity index (χ0) is 28.8. The molecule has 40 heavy (non-hydrogen) atoms. The lowest BCUT2D eigenvalue weighted by atomic mass is 9.41. The van der Waals surface area contributed by atoms with E-state index < -0.39 is 17.8 Å². The van der Waals surface area contributed by atoms with Crippen LogP contribution in [0, 0.1) is 52.3 Å². The molecular weight excluding hydrogens is 548 g/mol. The summed E-state index contributed by atoms with van der Waals surface area (Å²) in [6.07, 6.45) is 10.4. The molecule has 4 fully saturated rings. The predicted octanol–water partition coefficient (Wildman–Crippen LogP) is 5.36. The molecule has 5 rings (SSSR count). The van der Waals surface area contributed by atoms with Crippen LogP contribution < -0.4 is 9.46 Å². The largest absolute Gasteiger partial charge is 0.477 e. The smallest absolute Gasteiger partial charge is 0.264 e. The Bertz CT molecular complexity index is 1110. The second-order valence-corrected chi connectivity index (χ2v) is 14.6. The fraction of sp³-hybridized carbons (Fsp3) is 0.806. The number of carbonyl (C=O) groups is 1. The molecule has 11 atom stereocenters. The molecule has 0 bridgehead atoms. The van der Waals surface area contributed by atoms with Gasteiger partial charge in [-0.05, 0) is 110 Å². The second kappa shape index (κ2) is 11.8. The molecule has 7 nitrogen and oxygen atoms in total. The standard InChI is InChI=1S/C31H47ClN2O5S/c1-5-20-24-15-19(35)8-11-31(24,4)23-9-12-30(3)21(6-7-22(30)26(23)27(20)36)17(2)10-13-39-29-25(32)14-18(16-33-29)28(37)34-40-38/h14,16-17,19-24,26-27,35-36,40H,5-13,15H2,1-4H3,(H,34,37,38)/t17-,19-,20-,21-,22+,23+,24+,26+,27-,30-,31-/m1/s1. The van der Waals surface area contributed by atoms with Crippen molar-refractivity contribution < 1.29 is 24.0 Å². The van der Waals surface area contributed by atoms with Gasteiger partial charge in [-0.2, -0.15) is 0 Å². The van der Waals surface area contributed by atoms with Gasteiger partial charge in [0.05, 0.1) is 24.4 Å². The van der Waals surface area contributed by atoms with Gasteiger partial charge in [-0.3, -0.25) is 9.52 Å². The Kier molecular flexibility index (Phi) is 8.93. The maximum atomic E-state index is 11.9. The highest BCUT2D eigenvalue weighted by molar-refractivity contribution is 7.64. The zero-order valence-corrected chi connectivity index (χ0v) is 26.0. The lowest BCUT2D eigenvalue weighted by Gasteiger charge is -2.64. The summed E-state index contributed by atoms with van der Waals surface area (Å²) in [5.74, 6) is 2.97. The lowest BCUT2D eigenvalue weighted by Crippen LogP contribution is -2.62. The molecule has 4 aliphatic rings. The van der Waals surface area contributed by atoms with Crippen LogP contribution in [0.5, 0.6) is 5.88 Å². The topological polar surface area (TPSA) is 109 Å². The Morgan fingerprint density at radius 2 is 1.90 bits per heavy atom. The fourth-order valence-electron chi connectivity index (χ4n) is 10.2. The summed E-state index contributed by atoms with van der Waals surface area (Å²) in [6, 6.07) is 1.48. The number of nitrogens with zero attached hydrogens (tertiary/aromatic N) is 1. The highest BCUT2D eigenvalue weighted by atomic mass is 35.5. The molecule has 4 saturated carbocycles. The van der Waals surface area contributed by atoms with Crippen molar-refractivity contribution in [1.29, 1.82) is 0 Å². The summed E-state index contributed by atoms with van der Waals surface area (Å²) in [5.41, 5.74) is 0.664. The SMILES string of the molecule is CC[C@H]1[C@@H](O)[C@@H]2[C@H](CC[C@]3(C)[C@@H]([C@H](C)CCOc4ncc(C(=O)N[SH]=O)cc4Cl)CC[C@@H]23)[C@@]2(C)CC[C@@H](O)C[C@@H]12. The predicted molar refractivity (Wildman–Crippen MR) is 157 cm³/mol. The number of rotatable bonds is 8. The molecule has 0 radical (unpaired) electrons. The fourth-order valence-corrected chi connectivity index (χ4v) is 10.7. The van der Waals surface area contributed by atoms with Crippen molar-refractivity contribution in [3.63, 3.8) is 0 Å². The first-order valence-electron chi connectivity index (χ1n) is 15.3. The molecule has 1 aromatic rings. The Hall–Kier alpha value is -1.22. The van der Waals surface area contributed by atoms with Gasteiger partial charge in [-0.25, -0.2) is 9.19 Å². The van der Waals surface area contributed by atoms with Crippen molar-refractivity contribution in [2.45, 2.75) is 97.7 Å². The van der Waals surface area contributed by atoms with E-state index >= 15 is 0 Å². The van der Waals surface area contributed by atoms with Crippen molar-refractivity contribution in [2.75, 3.05) is 6.61 Å². The Morgan fingerprint density at radius 1 is 1.18 bits per heavy atom. The zero-order valence-electron chi connectivity index (χ0n) is 24.3. The first-order chi connectivity index (χ1) is 19.0. The van der Waals surface area contributed by atoms with Crippen molar-refractivity contribution >= 4 is 29.4 Å². The maximum Gasteiger partial charge on any atom is 0.264 e. The van der Waals surface area contributed by atoms with Crippen LogP contribution in [0.25, 0.3) is 0 Å². The summed E-state index contributed by atoms with van der Waals surface area (Å²) in [6.45, 7) is 10.0. The minimum absolute atomic E-state index is 0.211. The van der Waals surface area contributed by atoms with Gasteiger partial charge in [-0.1, -0.05) is 45.7 Å². The molecule has 4 aliphatic carbocycles. The van der Waals surface area contributed by atoms with Crippen LogP contribution in [-0.4, -0.2) is 44.1 Å². The third-order valence-electron chi connectivity index (χ3n) is 12.2. The molecule has 224 valence electrons. The minimum atomic E-state index is -0.510. The molecule has 0 aliphatic heterocycles. The highest BCUT2D eigenvalue weighted by Crippen LogP contribution is 2.69. The lowest BCUT2D eigenvalue weighted by molar-refractivity contribution is -0.203. The monoisotopic (exact) mass is 594 g/mol. The molecule has 1 aromatic heterocycles. The average molecular weight is 595 g/mol. The average Bonchev–Trinajstić information content (AvgIpc) is 3.28. The van der Waals surface area contributed by atoms with Crippen LogP contribution in [-0.2, 0) is 11.9 Å². The van der Waals surface area contributed by atoms with Crippen molar-refractivity contribution in [2.24, 2.45) is 52.3 Å². The van der Waals surface area contributed by atoms with Gasteiger partial charge in [0.1, 0.15) is 16.9 Å². The van der Waals surface area contributed by atoms with E-state index in [0.717, 1.165) is 32.1 Å². The molecule has 0 unspecified atom stereocenters. The summed E-state index contributed by atoms with van der Waals surface area (Å²) < 4.78 is 18.8. The van der Waals surface area contributed by atoms with E-state index in [1.807, 2.05) is 0 Å². The van der Waals surface area contributed by atoms with E-state index in [1.165, 1.54) is 37.9 Å². The Balaban J connectivity index is 1.25. The number of ether oxygens (including phenoxy) is 1. The number of carbonyl (C=O) groups excluding carboxylic acids is 1. The first kappa shape index (κ1) is 30.2. The van der Waals surface area contributed by atoms with Crippen LogP contribution in [0.3, 0.4) is 0 Å². The van der Waals surface area contributed by atoms with E-state index in [-0.39, 0.29) is 39.5 Å². The summed E-state index contributed by atoms with van der Waals surface area (Å²) in [5, 5.41) is 22.7. The highest BCUT2D eigenvalue weighted by Gasteiger charge is 2.64. The number of thiol groups is 1. The van der Waals surface area contributed by atoms with E-state index in [9.17, 15) is 19.2 Å². The Labute approximate surface area is 247 Å². The Morgan fingerprint density at radius 3 is 2.60 bits per heavy atom. The van der Waals surface area contributed by atoms with Crippen LogP contribution in [0.2, 0.25) is 5.02 Å². The summed E-state index contributed by atoms with van der Waals surface area (Å²) in [7, 11) is 0. The number of aromatic nitrogens is 1. The number of nitrogens with one attached hydrogen (secondary N) is 1. The quantitative estimate of drug-likeness (QED) is 0.302. The maximum absolute atomic E-state index is 11.9. The third kappa shape index (κ3) is 5.13. The molecule has 0 saturated heterocycles. The van der Waals surface area contributed by atoms with Gasteiger partial charge in [0, 0.05) is 6.20 Å². The number of pyridine rings is 1. The number of aliphatic hydroxyl groups is 2. The molecule has 3 N–H and O–H groups in total. The van der Waals surface area contributed by atoms with Gasteiger partial charge in [0.25, 0.3) is 5.91 Å². The van der Waals surface area contributed by atoms with E-state index in [2.05, 4.69) is 37.4 Å². The number of hydrogen-bond donors (Lipinski definition) is 4. The molecule has 0 spiro atoms. The number of halogens is 1. The van der Waals surface area contributed by atoms with Crippen molar-refractivity contribution in [3.05, 3.63) is 22.8 Å². The third-order valence-corrected chi connectivity index (χ3v) is 12.7. The van der Waals surface area contributed by atoms with E-state index in [1.54, 1.807) is 0 Å². The van der Waals surface area contributed by atoms with Crippen molar-refractivity contribution in [1.82, 2.24) is 9.71 Å². The van der Waals surface area contributed by atoms with Crippen molar-refractivity contribution in [3.8, 4) is 5.88 Å². The molecular formula is C31H47ClN2O5S. The molecule has 1 heterocycles. The summed E-state index contributed by atoms with van der Waals surface area (Å²) >= 11 is 5.85. The number of fused-ring (bicyclic) bond motifs is 5. The molecule has 0 aromatic carbocycles. The first-order valence-corrected chi connectivity index (χ1v) is 16.5.